The fourth-order valence-corrected chi connectivity index (χ4v) is 5.10. The predicted molar refractivity (Wildman–Crippen MR) is 85.2 cm³/mol. The molecule has 0 amide bonds. The van der Waals surface area contributed by atoms with E-state index in [0.717, 1.165) is 17.7 Å². The molecule has 0 spiro atoms. The van der Waals surface area contributed by atoms with Crippen LogP contribution in [0.1, 0.15) is 37.7 Å². The van der Waals surface area contributed by atoms with E-state index in [0.29, 0.717) is 11.4 Å². The summed E-state index contributed by atoms with van der Waals surface area (Å²) in [6.45, 7) is 0.638. The molecule has 1 aliphatic carbocycles. The second-order valence-corrected chi connectivity index (χ2v) is 8.52. The molecule has 20 heavy (non-hydrogen) atoms. The molecule has 3 nitrogen and oxygen atoms in total. The van der Waals surface area contributed by atoms with E-state index in [1.165, 1.54) is 42.8 Å². The van der Waals surface area contributed by atoms with Crippen LogP contribution in [-0.4, -0.2) is 27.5 Å². The van der Waals surface area contributed by atoms with Gasteiger partial charge in [0.05, 0.1) is 4.90 Å². The summed E-state index contributed by atoms with van der Waals surface area (Å²) in [4.78, 5) is 1.26. The average Bonchev–Trinajstić information content (AvgIpc) is 2.46. The van der Waals surface area contributed by atoms with Gasteiger partial charge < -0.3 is 5.73 Å². The molecule has 0 radical (unpaired) electrons. The molecule has 1 saturated carbocycles. The summed E-state index contributed by atoms with van der Waals surface area (Å²) >= 11 is 1.49. The van der Waals surface area contributed by atoms with Crippen LogP contribution in [-0.2, 0) is 15.3 Å². The molecular weight excluding hydrogens is 290 g/mol. The lowest BCUT2D eigenvalue weighted by Crippen LogP contribution is -2.37. The summed E-state index contributed by atoms with van der Waals surface area (Å²) in [6, 6.07) is 5.76. The molecule has 0 aliphatic heterocycles. The van der Waals surface area contributed by atoms with Crippen LogP contribution in [0.3, 0.4) is 0 Å². The Bertz CT molecular complexity index is 576. The number of hydrogen-bond acceptors (Lipinski definition) is 4. The van der Waals surface area contributed by atoms with Crippen molar-refractivity contribution in [2.24, 2.45) is 5.73 Å². The predicted octanol–water partition coefficient (Wildman–Crippen LogP) is 2.97. The van der Waals surface area contributed by atoms with E-state index in [1.807, 2.05) is 18.4 Å². The Balaban J connectivity index is 2.48. The van der Waals surface area contributed by atoms with Crippen LogP contribution in [0.4, 0.5) is 0 Å². The Hall–Kier alpha value is -0.520. The van der Waals surface area contributed by atoms with Crippen molar-refractivity contribution < 1.29 is 8.42 Å². The Morgan fingerprint density at radius 3 is 2.40 bits per heavy atom. The van der Waals surface area contributed by atoms with Gasteiger partial charge in [0, 0.05) is 23.1 Å². The molecule has 1 aromatic carbocycles. The lowest BCUT2D eigenvalue weighted by Gasteiger charge is -2.37. The maximum atomic E-state index is 11.8. The van der Waals surface area contributed by atoms with Gasteiger partial charge in [0.15, 0.2) is 9.84 Å². The summed E-state index contributed by atoms with van der Waals surface area (Å²) in [5.41, 5.74) is 7.31. The molecule has 2 rings (SSSR count). The quantitative estimate of drug-likeness (QED) is 0.868. The molecule has 0 aromatic heterocycles. The number of hydrogen-bond donors (Lipinski definition) is 1. The second-order valence-electron chi connectivity index (χ2n) is 5.68. The lowest BCUT2D eigenvalue weighted by molar-refractivity contribution is 0.300. The van der Waals surface area contributed by atoms with E-state index in [1.54, 1.807) is 6.07 Å². The highest BCUT2D eigenvalue weighted by Gasteiger charge is 2.33. The molecule has 2 N–H and O–H groups in total. The van der Waals surface area contributed by atoms with Crippen molar-refractivity contribution in [1.82, 2.24) is 0 Å². The van der Waals surface area contributed by atoms with Gasteiger partial charge in [-0.3, -0.25) is 0 Å². The van der Waals surface area contributed by atoms with Crippen molar-refractivity contribution in [1.29, 1.82) is 0 Å². The van der Waals surface area contributed by atoms with E-state index in [2.05, 4.69) is 0 Å². The van der Waals surface area contributed by atoms with E-state index in [9.17, 15) is 8.42 Å². The Morgan fingerprint density at radius 1 is 1.25 bits per heavy atom. The van der Waals surface area contributed by atoms with E-state index >= 15 is 0 Å². The molecule has 1 aliphatic rings. The maximum Gasteiger partial charge on any atom is 0.176 e. The van der Waals surface area contributed by atoms with E-state index in [-0.39, 0.29) is 5.41 Å². The molecule has 1 aromatic rings. The standard InChI is InChI=1S/C15H23NO2S2/c1-19-13-10-12(6-7-14(13)20(2,17)18)15(11-16)8-4-3-5-9-15/h6-7,10H,3-5,8-9,11,16H2,1-2H3. The smallest absolute Gasteiger partial charge is 0.176 e. The molecule has 0 unspecified atom stereocenters. The normalized spacial score (nSPS) is 18.9. The van der Waals surface area contributed by atoms with Crippen LogP contribution >= 0.6 is 11.8 Å². The van der Waals surface area contributed by atoms with Gasteiger partial charge in [-0.05, 0) is 36.8 Å². The lowest BCUT2D eigenvalue weighted by atomic mass is 9.69. The Labute approximate surface area is 126 Å². The summed E-state index contributed by atoms with van der Waals surface area (Å²) in [5, 5.41) is 0. The van der Waals surface area contributed by atoms with Crippen LogP contribution in [0.5, 0.6) is 0 Å². The fraction of sp³-hybridized carbons (Fsp3) is 0.600. The molecule has 1 fully saturated rings. The average molecular weight is 313 g/mol. The van der Waals surface area contributed by atoms with E-state index < -0.39 is 9.84 Å². The minimum Gasteiger partial charge on any atom is -0.330 e. The molecule has 0 bridgehead atoms. The molecule has 0 atom stereocenters. The van der Waals surface area contributed by atoms with Gasteiger partial charge in [-0.25, -0.2) is 8.42 Å². The molecule has 0 heterocycles. The summed E-state index contributed by atoms with van der Waals surface area (Å²) in [6.07, 6.45) is 9.09. The third-order valence-corrected chi connectivity index (χ3v) is 6.44. The Kier molecular flexibility index (Phi) is 4.82. The van der Waals surface area contributed by atoms with Gasteiger partial charge in [-0.2, -0.15) is 0 Å². The van der Waals surface area contributed by atoms with E-state index in [4.69, 9.17) is 5.73 Å². The molecule has 112 valence electrons. The van der Waals surface area contributed by atoms with Crippen LogP contribution in [0, 0.1) is 0 Å². The highest BCUT2D eigenvalue weighted by molar-refractivity contribution is 7.99. The second kappa shape index (κ2) is 6.08. The first kappa shape index (κ1) is 15.9. The highest BCUT2D eigenvalue weighted by Crippen LogP contribution is 2.40. The number of nitrogens with two attached hydrogens (primary N) is 1. The van der Waals surface area contributed by atoms with Crippen molar-refractivity contribution in [3.8, 4) is 0 Å². The minimum absolute atomic E-state index is 0.0404. The first-order valence-corrected chi connectivity index (χ1v) is 10.1. The first-order valence-electron chi connectivity index (χ1n) is 7.02. The van der Waals surface area contributed by atoms with Gasteiger partial charge in [-0.15, -0.1) is 11.8 Å². The van der Waals surface area contributed by atoms with Crippen LogP contribution < -0.4 is 5.73 Å². The number of sulfone groups is 1. The first-order chi connectivity index (χ1) is 9.43. The topological polar surface area (TPSA) is 60.2 Å². The maximum absolute atomic E-state index is 11.8. The van der Waals surface area contributed by atoms with Crippen molar-refractivity contribution >= 4 is 21.6 Å². The number of thioether (sulfide) groups is 1. The molecular formula is C15H23NO2S2. The van der Waals surface area contributed by atoms with Gasteiger partial charge in [0.2, 0.25) is 0 Å². The van der Waals surface area contributed by atoms with Crippen molar-refractivity contribution in [2.75, 3.05) is 19.1 Å². The minimum atomic E-state index is -3.17. The Morgan fingerprint density at radius 2 is 1.90 bits per heavy atom. The third-order valence-electron chi connectivity index (χ3n) is 4.38. The van der Waals surface area contributed by atoms with Crippen molar-refractivity contribution in [3.63, 3.8) is 0 Å². The van der Waals surface area contributed by atoms with Gasteiger partial charge in [-0.1, -0.05) is 25.3 Å². The SMILES string of the molecule is CSc1cc(C2(CN)CCCCC2)ccc1S(C)(=O)=O. The highest BCUT2D eigenvalue weighted by atomic mass is 32.2. The zero-order valence-electron chi connectivity index (χ0n) is 12.2. The third kappa shape index (κ3) is 3.05. The zero-order valence-corrected chi connectivity index (χ0v) is 13.8. The van der Waals surface area contributed by atoms with Crippen molar-refractivity contribution in [2.45, 2.75) is 47.3 Å². The van der Waals surface area contributed by atoms with Crippen molar-refractivity contribution in [3.05, 3.63) is 23.8 Å². The molecule has 5 heteroatoms. The monoisotopic (exact) mass is 313 g/mol. The summed E-state index contributed by atoms with van der Waals surface area (Å²) < 4.78 is 23.6. The molecule has 0 saturated heterocycles. The zero-order chi connectivity index (χ0) is 14.8. The van der Waals surface area contributed by atoms with Crippen LogP contribution in [0.15, 0.2) is 28.0 Å². The summed E-state index contributed by atoms with van der Waals surface area (Å²) in [7, 11) is -3.17. The van der Waals surface area contributed by atoms with Crippen LogP contribution in [0.2, 0.25) is 0 Å². The number of benzene rings is 1. The summed E-state index contributed by atoms with van der Waals surface area (Å²) in [5.74, 6) is 0. The fourth-order valence-electron chi connectivity index (χ4n) is 3.14. The van der Waals surface area contributed by atoms with Gasteiger partial charge in [0.25, 0.3) is 0 Å². The largest absolute Gasteiger partial charge is 0.330 e. The van der Waals surface area contributed by atoms with Gasteiger partial charge in [0.1, 0.15) is 0 Å². The van der Waals surface area contributed by atoms with Crippen LogP contribution in [0.25, 0.3) is 0 Å². The number of rotatable bonds is 4. The van der Waals surface area contributed by atoms with Gasteiger partial charge >= 0.3 is 0 Å².